The number of hydrogen-bond acceptors (Lipinski definition) is 2. The van der Waals surface area contributed by atoms with Gasteiger partial charge in [0.05, 0.1) is 6.07 Å². The Morgan fingerprint density at radius 2 is 2.06 bits per heavy atom. The molecule has 1 rings (SSSR count). The maximum absolute atomic E-state index is 12.2. The molecule has 1 aromatic rings. The Balaban J connectivity index is 2.97. The number of nitrogens with zero attached hydrogens (tertiary/aromatic N) is 1. The third-order valence-electron chi connectivity index (χ3n) is 3.29. The summed E-state index contributed by atoms with van der Waals surface area (Å²) in [6.07, 6.45) is 1.03. The summed E-state index contributed by atoms with van der Waals surface area (Å²) < 4.78 is 0.968. The standard InChI is InChI=1S/C14H17BrN2O/c1-4-14(5-2,9-16)13(18)17-12-7-6-11(15)8-10(12)3/h6-8H,4-5H2,1-3H3,(H,17,18). The van der Waals surface area contributed by atoms with Crippen LogP contribution in [0.3, 0.4) is 0 Å². The molecule has 0 saturated heterocycles. The number of amides is 1. The molecular weight excluding hydrogens is 292 g/mol. The van der Waals surface area contributed by atoms with E-state index in [4.69, 9.17) is 0 Å². The molecule has 0 aliphatic heterocycles. The summed E-state index contributed by atoms with van der Waals surface area (Å²) in [7, 11) is 0. The SMILES string of the molecule is CCC(C#N)(CC)C(=O)Nc1ccc(Br)cc1C. The highest BCUT2D eigenvalue weighted by Crippen LogP contribution is 2.28. The third kappa shape index (κ3) is 2.91. The van der Waals surface area contributed by atoms with Crippen LogP contribution in [0.1, 0.15) is 32.3 Å². The lowest BCUT2D eigenvalue weighted by atomic mass is 9.83. The van der Waals surface area contributed by atoms with Crippen LogP contribution in [0.5, 0.6) is 0 Å². The van der Waals surface area contributed by atoms with E-state index in [0.29, 0.717) is 12.8 Å². The van der Waals surface area contributed by atoms with E-state index < -0.39 is 5.41 Å². The molecule has 18 heavy (non-hydrogen) atoms. The largest absolute Gasteiger partial charge is 0.324 e. The van der Waals surface area contributed by atoms with Crippen LogP contribution in [0.25, 0.3) is 0 Å². The zero-order valence-corrected chi connectivity index (χ0v) is 12.5. The second-order valence-electron chi connectivity index (χ2n) is 4.31. The summed E-state index contributed by atoms with van der Waals surface area (Å²) in [6, 6.07) is 7.78. The van der Waals surface area contributed by atoms with Gasteiger partial charge >= 0.3 is 0 Å². The van der Waals surface area contributed by atoms with E-state index >= 15 is 0 Å². The van der Waals surface area contributed by atoms with Gasteiger partial charge in [0.2, 0.25) is 5.91 Å². The maximum atomic E-state index is 12.2. The number of nitriles is 1. The van der Waals surface area contributed by atoms with Crippen molar-refractivity contribution in [2.45, 2.75) is 33.6 Å². The average molecular weight is 309 g/mol. The van der Waals surface area contributed by atoms with Gasteiger partial charge in [0.15, 0.2) is 0 Å². The summed E-state index contributed by atoms with van der Waals surface area (Å²) in [5.74, 6) is -0.222. The number of aryl methyl sites for hydroxylation is 1. The summed E-state index contributed by atoms with van der Waals surface area (Å²) in [6.45, 7) is 5.65. The van der Waals surface area contributed by atoms with Crippen LogP contribution in [0, 0.1) is 23.7 Å². The fraction of sp³-hybridized carbons (Fsp3) is 0.429. The molecule has 0 unspecified atom stereocenters. The van der Waals surface area contributed by atoms with E-state index in [0.717, 1.165) is 15.7 Å². The van der Waals surface area contributed by atoms with Crippen molar-refractivity contribution < 1.29 is 4.79 Å². The second-order valence-corrected chi connectivity index (χ2v) is 5.23. The molecule has 0 bridgehead atoms. The monoisotopic (exact) mass is 308 g/mol. The molecule has 0 saturated carbocycles. The van der Waals surface area contributed by atoms with Crippen LogP contribution in [-0.2, 0) is 4.79 Å². The molecule has 1 amide bonds. The Morgan fingerprint density at radius 1 is 1.44 bits per heavy atom. The first-order chi connectivity index (χ1) is 8.49. The van der Waals surface area contributed by atoms with Gasteiger partial charge in [-0.25, -0.2) is 0 Å². The van der Waals surface area contributed by atoms with Crippen molar-refractivity contribution in [1.82, 2.24) is 0 Å². The van der Waals surface area contributed by atoms with Gasteiger partial charge in [-0.1, -0.05) is 29.8 Å². The van der Waals surface area contributed by atoms with E-state index in [1.807, 2.05) is 39.0 Å². The van der Waals surface area contributed by atoms with Crippen molar-refractivity contribution in [1.29, 1.82) is 5.26 Å². The van der Waals surface area contributed by atoms with Crippen molar-refractivity contribution in [3.63, 3.8) is 0 Å². The predicted molar refractivity (Wildman–Crippen MR) is 76.1 cm³/mol. The quantitative estimate of drug-likeness (QED) is 0.913. The maximum Gasteiger partial charge on any atom is 0.244 e. The molecular formula is C14H17BrN2O. The van der Waals surface area contributed by atoms with Crippen LogP contribution >= 0.6 is 15.9 Å². The Kier molecular flexibility index (Phi) is 4.92. The van der Waals surface area contributed by atoms with Gasteiger partial charge in [-0.3, -0.25) is 4.79 Å². The number of rotatable bonds is 4. The number of halogens is 1. The van der Waals surface area contributed by atoms with Crippen LogP contribution < -0.4 is 5.32 Å². The molecule has 0 atom stereocenters. The van der Waals surface area contributed by atoms with E-state index in [1.165, 1.54) is 0 Å². The zero-order valence-electron chi connectivity index (χ0n) is 10.9. The van der Waals surface area contributed by atoms with Gasteiger partial charge in [-0.2, -0.15) is 5.26 Å². The molecule has 0 aromatic heterocycles. The van der Waals surface area contributed by atoms with Gasteiger partial charge in [0.25, 0.3) is 0 Å². The number of nitrogens with one attached hydrogen (secondary N) is 1. The first kappa shape index (κ1) is 14.7. The smallest absolute Gasteiger partial charge is 0.244 e. The number of anilines is 1. The lowest BCUT2D eigenvalue weighted by Gasteiger charge is -2.22. The van der Waals surface area contributed by atoms with Gasteiger partial charge in [-0.15, -0.1) is 0 Å². The van der Waals surface area contributed by atoms with E-state index in [-0.39, 0.29) is 5.91 Å². The minimum atomic E-state index is -0.931. The summed E-state index contributed by atoms with van der Waals surface area (Å²) in [4.78, 5) is 12.2. The number of hydrogen-bond donors (Lipinski definition) is 1. The summed E-state index contributed by atoms with van der Waals surface area (Å²) >= 11 is 3.38. The average Bonchev–Trinajstić information content (AvgIpc) is 2.36. The van der Waals surface area contributed by atoms with Crippen molar-refractivity contribution in [3.05, 3.63) is 28.2 Å². The molecule has 0 aliphatic carbocycles. The summed E-state index contributed by atoms with van der Waals surface area (Å²) in [5, 5.41) is 12.1. The van der Waals surface area contributed by atoms with Gasteiger partial charge < -0.3 is 5.32 Å². The van der Waals surface area contributed by atoms with Crippen molar-refractivity contribution in [2.75, 3.05) is 5.32 Å². The lowest BCUT2D eigenvalue weighted by molar-refractivity contribution is -0.123. The Bertz CT molecular complexity index is 487. The lowest BCUT2D eigenvalue weighted by Crippen LogP contribution is -2.34. The Morgan fingerprint density at radius 3 is 2.50 bits per heavy atom. The first-order valence-electron chi connectivity index (χ1n) is 5.98. The molecule has 1 aromatic carbocycles. The predicted octanol–water partition coefficient (Wildman–Crippen LogP) is 4.03. The molecule has 0 heterocycles. The van der Waals surface area contributed by atoms with E-state index in [9.17, 15) is 10.1 Å². The van der Waals surface area contributed by atoms with Crippen LogP contribution in [-0.4, -0.2) is 5.91 Å². The topological polar surface area (TPSA) is 52.9 Å². The molecule has 0 aliphatic rings. The number of carbonyl (C=O) groups is 1. The first-order valence-corrected chi connectivity index (χ1v) is 6.77. The van der Waals surface area contributed by atoms with Gasteiger partial charge in [0, 0.05) is 10.2 Å². The molecule has 1 N–H and O–H groups in total. The molecule has 96 valence electrons. The van der Waals surface area contributed by atoms with Gasteiger partial charge in [-0.05, 0) is 43.5 Å². The van der Waals surface area contributed by atoms with E-state index in [1.54, 1.807) is 0 Å². The fourth-order valence-corrected chi connectivity index (χ4v) is 2.26. The minimum absolute atomic E-state index is 0.222. The second kappa shape index (κ2) is 6.01. The van der Waals surface area contributed by atoms with Crippen molar-refractivity contribution in [3.8, 4) is 6.07 Å². The van der Waals surface area contributed by atoms with Crippen molar-refractivity contribution in [2.24, 2.45) is 5.41 Å². The highest BCUT2D eigenvalue weighted by molar-refractivity contribution is 9.10. The van der Waals surface area contributed by atoms with Gasteiger partial charge in [0.1, 0.15) is 5.41 Å². The minimum Gasteiger partial charge on any atom is -0.324 e. The normalized spacial score (nSPS) is 10.8. The Hall–Kier alpha value is -1.34. The number of benzene rings is 1. The molecule has 0 fully saturated rings. The van der Waals surface area contributed by atoms with E-state index in [2.05, 4.69) is 27.3 Å². The molecule has 0 radical (unpaired) electrons. The zero-order chi connectivity index (χ0) is 13.8. The molecule has 0 spiro atoms. The molecule has 4 heteroatoms. The highest BCUT2D eigenvalue weighted by Gasteiger charge is 2.35. The van der Waals surface area contributed by atoms with Crippen LogP contribution in [0.2, 0.25) is 0 Å². The van der Waals surface area contributed by atoms with Crippen LogP contribution in [0.4, 0.5) is 5.69 Å². The Labute approximate surface area is 116 Å². The third-order valence-corrected chi connectivity index (χ3v) is 3.79. The number of carbonyl (C=O) groups excluding carboxylic acids is 1. The highest BCUT2D eigenvalue weighted by atomic mass is 79.9. The fourth-order valence-electron chi connectivity index (χ4n) is 1.79. The summed E-state index contributed by atoms with van der Waals surface area (Å²) in [5.41, 5.74) is 0.793. The van der Waals surface area contributed by atoms with Crippen molar-refractivity contribution >= 4 is 27.5 Å². The van der Waals surface area contributed by atoms with Crippen LogP contribution in [0.15, 0.2) is 22.7 Å². The molecule has 3 nitrogen and oxygen atoms in total.